The zero-order valence-electron chi connectivity index (χ0n) is 19.2. The van der Waals surface area contributed by atoms with Gasteiger partial charge in [0.05, 0.1) is 18.7 Å². The maximum absolute atomic E-state index is 13.2. The number of carboxylic acids is 2. The van der Waals surface area contributed by atoms with E-state index >= 15 is 0 Å². The molecule has 190 valence electrons. The van der Waals surface area contributed by atoms with Crippen molar-refractivity contribution in [1.82, 2.24) is 10.6 Å². The van der Waals surface area contributed by atoms with Gasteiger partial charge in [-0.05, 0) is 30.2 Å². The third-order valence-electron chi connectivity index (χ3n) is 5.05. The molecule has 13 heteroatoms. The van der Waals surface area contributed by atoms with E-state index in [4.69, 9.17) is 16.7 Å². The van der Waals surface area contributed by atoms with Gasteiger partial charge >= 0.3 is 18.0 Å². The molecule has 0 aliphatic carbocycles. The second-order valence-electron chi connectivity index (χ2n) is 7.61. The third-order valence-corrected chi connectivity index (χ3v) is 5.05. The number of para-hydroxylation sites is 1. The van der Waals surface area contributed by atoms with Gasteiger partial charge in [-0.2, -0.15) is 5.10 Å². The molecule has 0 radical (unpaired) electrons. The zero-order valence-corrected chi connectivity index (χ0v) is 19.2. The lowest BCUT2D eigenvalue weighted by Crippen LogP contribution is -2.73. The summed E-state index contributed by atoms with van der Waals surface area (Å²) in [6.45, 7) is 0.815. The summed E-state index contributed by atoms with van der Waals surface area (Å²) in [5, 5.41) is 27.1. The van der Waals surface area contributed by atoms with E-state index in [9.17, 15) is 29.1 Å². The molecule has 0 saturated carbocycles. The average Bonchev–Trinajstić information content (AvgIpc) is 2.83. The van der Waals surface area contributed by atoms with Crippen LogP contribution in [0.1, 0.15) is 24.5 Å². The molecule has 0 unspecified atom stereocenters. The Morgan fingerprint density at radius 3 is 2.17 bits per heavy atom. The van der Waals surface area contributed by atoms with Crippen molar-refractivity contribution in [1.29, 1.82) is 0 Å². The van der Waals surface area contributed by atoms with E-state index in [0.717, 1.165) is 6.92 Å². The highest BCUT2D eigenvalue weighted by atomic mass is 16.4. The number of aliphatic carboxylic acids is 2. The minimum absolute atomic E-state index is 0.0582. The van der Waals surface area contributed by atoms with Crippen molar-refractivity contribution in [3.63, 3.8) is 0 Å². The Kier molecular flexibility index (Phi) is 9.21. The number of urea groups is 1. The summed E-state index contributed by atoms with van der Waals surface area (Å²) in [4.78, 5) is 62.9. The van der Waals surface area contributed by atoms with Crippen molar-refractivity contribution in [2.24, 2.45) is 16.7 Å². The summed E-state index contributed by atoms with van der Waals surface area (Å²) in [6, 6.07) is 11.0. The van der Waals surface area contributed by atoms with Crippen LogP contribution in [0.15, 0.2) is 59.7 Å². The van der Waals surface area contributed by atoms with E-state index in [2.05, 4.69) is 15.7 Å². The molecule has 2 aromatic rings. The number of carbonyl (C=O) groups is 5. The smallest absolute Gasteiger partial charge is 0.359 e. The highest BCUT2D eigenvalue weighted by molar-refractivity contribution is 6.18. The van der Waals surface area contributed by atoms with E-state index in [0.29, 0.717) is 16.0 Å². The first-order valence-electron chi connectivity index (χ1n) is 10.5. The van der Waals surface area contributed by atoms with Crippen LogP contribution in [0.5, 0.6) is 0 Å². The molecular formula is C23H26N6O7. The number of hydrogen-bond acceptors (Lipinski definition) is 8. The lowest BCUT2D eigenvalue weighted by atomic mass is 9.99. The highest BCUT2D eigenvalue weighted by Gasteiger charge is 2.54. The van der Waals surface area contributed by atoms with Gasteiger partial charge in [0, 0.05) is 12.2 Å². The van der Waals surface area contributed by atoms with Crippen molar-refractivity contribution in [3.05, 3.63) is 65.7 Å². The number of anilines is 1. The Bertz CT molecular complexity index is 1140. The number of benzene rings is 2. The van der Waals surface area contributed by atoms with E-state index < -0.39 is 47.8 Å². The van der Waals surface area contributed by atoms with Crippen LogP contribution in [0.3, 0.4) is 0 Å². The van der Waals surface area contributed by atoms with Gasteiger partial charge in [0.1, 0.15) is 0 Å². The van der Waals surface area contributed by atoms with Gasteiger partial charge in [-0.25, -0.2) is 9.59 Å². The van der Waals surface area contributed by atoms with Crippen molar-refractivity contribution in [3.8, 4) is 0 Å². The summed E-state index contributed by atoms with van der Waals surface area (Å²) < 4.78 is 0. The second kappa shape index (κ2) is 12.1. The molecule has 0 aliphatic rings. The molecule has 0 saturated heterocycles. The minimum atomic E-state index is -2.93. The third kappa shape index (κ3) is 6.42. The number of nitrogens with zero attached hydrogens (tertiary/aromatic N) is 2. The number of nitrogens with one attached hydrogen (secondary N) is 2. The van der Waals surface area contributed by atoms with Crippen LogP contribution in [-0.2, 0) is 25.7 Å². The molecule has 2 aromatic carbocycles. The summed E-state index contributed by atoms with van der Waals surface area (Å²) in [5.41, 5.74) is 4.04. The summed E-state index contributed by atoms with van der Waals surface area (Å²) in [7, 11) is 0. The molecule has 0 fully saturated rings. The van der Waals surface area contributed by atoms with Crippen LogP contribution >= 0.6 is 0 Å². The minimum Gasteiger partial charge on any atom is -0.481 e. The fourth-order valence-corrected chi connectivity index (χ4v) is 3.30. The van der Waals surface area contributed by atoms with Crippen LogP contribution in [0.2, 0.25) is 0 Å². The molecule has 0 bridgehead atoms. The van der Waals surface area contributed by atoms with Gasteiger partial charge in [0.15, 0.2) is 5.78 Å². The van der Waals surface area contributed by atoms with E-state index in [1.54, 1.807) is 30.3 Å². The van der Waals surface area contributed by atoms with Gasteiger partial charge in [-0.15, -0.1) is 0 Å². The van der Waals surface area contributed by atoms with Crippen molar-refractivity contribution in [2.75, 3.05) is 4.90 Å². The lowest BCUT2D eigenvalue weighted by Gasteiger charge is -2.40. The SMILES string of the molecule is CC(=O)[C@@](NC(=O)NCc1ccc(C=NN)cc1)(C(=O)O)N(C(=O)[C@@H](N)CC(=O)O)c1ccccc1. The van der Waals surface area contributed by atoms with Crippen LogP contribution in [-0.4, -0.2) is 57.8 Å². The zero-order chi connectivity index (χ0) is 26.9. The maximum atomic E-state index is 13.2. The fraction of sp³-hybridized carbons (Fsp3) is 0.217. The molecule has 3 amide bonds. The first-order valence-corrected chi connectivity index (χ1v) is 10.5. The van der Waals surface area contributed by atoms with Gasteiger partial charge in [-0.3, -0.25) is 24.6 Å². The Balaban J connectivity index is 2.42. The van der Waals surface area contributed by atoms with Crippen LogP contribution < -0.4 is 27.1 Å². The van der Waals surface area contributed by atoms with Crippen molar-refractivity contribution in [2.45, 2.75) is 31.6 Å². The van der Waals surface area contributed by atoms with Gasteiger partial charge in [0.2, 0.25) is 5.91 Å². The van der Waals surface area contributed by atoms with Gasteiger partial charge in [0.25, 0.3) is 5.66 Å². The largest absolute Gasteiger partial charge is 0.481 e. The topological polar surface area (TPSA) is 218 Å². The molecule has 0 aromatic heterocycles. The molecule has 0 heterocycles. The van der Waals surface area contributed by atoms with Gasteiger partial charge in [-0.1, -0.05) is 42.5 Å². The number of carboxylic acid groups (broad SMARTS) is 2. The molecular weight excluding hydrogens is 472 g/mol. The first-order chi connectivity index (χ1) is 17.0. The monoisotopic (exact) mass is 498 g/mol. The van der Waals surface area contributed by atoms with Crippen molar-refractivity contribution >= 4 is 41.6 Å². The molecule has 0 aliphatic heterocycles. The fourth-order valence-electron chi connectivity index (χ4n) is 3.30. The molecule has 0 spiro atoms. The van der Waals surface area contributed by atoms with Crippen LogP contribution in [0.4, 0.5) is 10.5 Å². The van der Waals surface area contributed by atoms with E-state index in [-0.39, 0.29) is 12.2 Å². The molecule has 13 nitrogen and oxygen atoms in total. The molecule has 2 atom stereocenters. The number of hydrazone groups is 1. The Hall–Kier alpha value is -4.78. The predicted octanol–water partition coefficient (Wildman–Crippen LogP) is -0.0165. The standard InChI is InChI=1S/C23H26N6O7/c1-14(30)23(21(34)35,28-22(36)26-12-15-7-9-16(10-8-15)13-27-25)29(17-5-3-2-4-6-17)20(33)18(24)11-19(31)32/h2-10,13,18H,11-12,24-25H2,1H3,(H,31,32)(H,34,35)(H2,26,28,36)/t18-,23-/m0/s1. The molecule has 36 heavy (non-hydrogen) atoms. The van der Waals surface area contributed by atoms with E-state index in [1.807, 2.05) is 0 Å². The lowest BCUT2D eigenvalue weighted by molar-refractivity contribution is -0.151. The van der Waals surface area contributed by atoms with E-state index in [1.165, 1.54) is 30.5 Å². The summed E-state index contributed by atoms with van der Waals surface area (Å²) in [5.74, 6) is -0.521. The summed E-state index contributed by atoms with van der Waals surface area (Å²) in [6.07, 6.45) is 0.578. The number of Topliss-reactive ketones (excluding diaryl/α,β-unsaturated/α-hetero) is 1. The predicted molar refractivity (Wildman–Crippen MR) is 129 cm³/mol. The maximum Gasteiger partial charge on any atom is 0.359 e. The van der Waals surface area contributed by atoms with Crippen LogP contribution in [0.25, 0.3) is 0 Å². The molecule has 2 rings (SSSR count). The highest BCUT2D eigenvalue weighted by Crippen LogP contribution is 2.26. The first kappa shape index (κ1) is 27.5. The number of carbonyl (C=O) groups excluding carboxylic acids is 3. The average molecular weight is 498 g/mol. The van der Waals surface area contributed by atoms with Gasteiger partial charge < -0.3 is 27.1 Å². The number of nitrogens with two attached hydrogens (primary N) is 2. The Labute approximate surface area is 205 Å². The van der Waals surface area contributed by atoms with Crippen LogP contribution in [0, 0.1) is 0 Å². The summed E-state index contributed by atoms with van der Waals surface area (Å²) >= 11 is 0. The Morgan fingerprint density at radius 2 is 1.67 bits per heavy atom. The second-order valence-corrected chi connectivity index (χ2v) is 7.61. The Morgan fingerprint density at radius 1 is 1.06 bits per heavy atom. The van der Waals surface area contributed by atoms with Crippen molar-refractivity contribution < 1.29 is 34.2 Å². The number of rotatable bonds is 11. The molecule has 8 N–H and O–H groups in total. The normalized spacial score (nSPS) is 13.3. The number of ketones is 1. The number of hydrogen-bond donors (Lipinski definition) is 6. The quantitative estimate of drug-likeness (QED) is 0.0805. The number of amides is 3.